The van der Waals surface area contributed by atoms with Crippen LogP contribution < -0.4 is 5.32 Å². The molecule has 134 valence electrons. The number of rotatable bonds is 6. The van der Waals surface area contributed by atoms with Crippen molar-refractivity contribution >= 4 is 22.9 Å². The van der Waals surface area contributed by atoms with E-state index in [1.54, 1.807) is 29.1 Å². The third-order valence-corrected chi connectivity index (χ3v) is 4.07. The lowest BCUT2D eigenvalue weighted by atomic mass is 10.0. The van der Waals surface area contributed by atoms with E-state index in [4.69, 9.17) is 5.11 Å². The zero-order chi connectivity index (χ0) is 18.7. The highest BCUT2D eigenvalue weighted by Gasteiger charge is 2.19. The Morgan fingerprint density at radius 2 is 1.92 bits per heavy atom. The second-order valence-electron chi connectivity index (χ2n) is 6.35. The third-order valence-electron chi connectivity index (χ3n) is 4.07. The first-order chi connectivity index (χ1) is 12.5. The van der Waals surface area contributed by atoms with Gasteiger partial charge in [0.05, 0.1) is 24.2 Å². The molecule has 0 bridgehead atoms. The lowest BCUT2D eigenvalue weighted by molar-refractivity contribution is -0.137. The quantitative estimate of drug-likeness (QED) is 0.711. The number of benzene rings is 1. The highest BCUT2D eigenvalue weighted by Crippen LogP contribution is 2.19. The number of aliphatic carboxylic acids is 1. The van der Waals surface area contributed by atoms with Crippen molar-refractivity contribution in [2.45, 2.75) is 32.4 Å². The SMILES string of the molecule is CC(C)n1ncc2cc(C(=O)N[C@H](CC(=O)O)c3ccccc3)cnc21. The lowest BCUT2D eigenvalue weighted by Crippen LogP contribution is -2.30. The van der Waals surface area contributed by atoms with Crippen LogP contribution in [0.3, 0.4) is 0 Å². The molecule has 0 saturated carbocycles. The van der Waals surface area contributed by atoms with Gasteiger partial charge in [-0.2, -0.15) is 5.10 Å². The van der Waals surface area contributed by atoms with Crippen molar-refractivity contribution in [2.75, 3.05) is 0 Å². The number of carbonyl (C=O) groups excluding carboxylic acids is 1. The summed E-state index contributed by atoms with van der Waals surface area (Å²) >= 11 is 0. The molecule has 7 nitrogen and oxygen atoms in total. The summed E-state index contributed by atoms with van der Waals surface area (Å²) in [6.45, 7) is 4.01. The van der Waals surface area contributed by atoms with Crippen LogP contribution in [-0.2, 0) is 4.79 Å². The molecule has 0 aliphatic heterocycles. The van der Waals surface area contributed by atoms with Gasteiger partial charge in [0.1, 0.15) is 0 Å². The Kier molecular flexibility index (Phi) is 4.97. The monoisotopic (exact) mass is 352 g/mol. The largest absolute Gasteiger partial charge is 0.481 e. The molecule has 0 aliphatic rings. The molecule has 2 aromatic heterocycles. The molecular weight excluding hydrogens is 332 g/mol. The number of nitrogens with zero attached hydrogens (tertiary/aromatic N) is 3. The molecule has 3 rings (SSSR count). The second kappa shape index (κ2) is 7.35. The maximum Gasteiger partial charge on any atom is 0.305 e. The van der Waals surface area contributed by atoms with Gasteiger partial charge in [0.15, 0.2) is 5.65 Å². The predicted octanol–water partition coefficient (Wildman–Crippen LogP) is 2.96. The molecule has 0 saturated heterocycles. The van der Waals surface area contributed by atoms with E-state index in [-0.39, 0.29) is 18.4 Å². The first kappa shape index (κ1) is 17.6. The standard InChI is InChI=1S/C19H20N4O3/c1-12(2)23-18-14(11-21-23)8-15(10-20-18)19(26)22-16(9-17(24)25)13-6-4-3-5-7-13/h3-8,10-12,16H,9H2,1-2H3,(H,22,26)(H,24,25)/t16-/m1/s1. The smallest absolute Gasteiger partial charge is 0.305 e. The molecule has 7 heteroatoms. The molecule has 0 unspecified atom stereocenters. The number of nitrogens with one attached hydrogen (secondary N) is 1. The molecule has 0 spiro atoms. The summed E-state index contributed by atoms with van der Waals surface area (Å²) in [5.41, 5.74) is 1.82. The first-order valence-corrected chi connectivity index (χ1v) is 8.36. The summed E-state index contributed by atoms with van der Waals surface area (Å²) < 4.78 is 1.79. The van der Waals surface area contributed by atoms with Crippen molar-refractivity contribution in [1.29, 1.82) is 0 Å². The van der Waals surface area contributed by atoms with Crippen molar-refractivity contribution in [1.82, 2.24) is 20.1 Å². The van der Waals surface area contributed by atoms with Gasteiger partial charge in [-0.3, -0.25) is 9.59 Å². The summed E-state index contributed by atoms with van der Waals surface area (Å²) in [6.07, 6.45) is 2.96. The summed E-state index contributed by atoms with van der Waals surface area (Å²) in [5.74, 6) is -1.35. The van der Waals surface area contributed by atoms with E-state index in [0.717, 1.165) is 10.9 Å². The average Bonchev–Trinajstić information content (AvgIpc) is 3.05. The van der Waals surface area contributed by atoms with E-state index in [9.17, 15) is 9.59 Å². The summed E-state index contributed by atoms with van der Waals surface area (Å²) in [4.78, 5) is 28.1. The van der Waals surface area contributed by atoms with E-state index in [1.807, 2.05) is 32.0 Å². The van der Waals surface area contributed by atoms with Gasteiger partial charge in [0, 0.05) is 17.6 Å². The highest BCUT2D eigenvalue weighted by atomic mass is 16.4. The predicted molar refractivity (Wildman–Crippen MR) is 96.8 cm³/mol. The van der Waals surface area contributed by atoms with Gasteiger partial charge < -0.3 is 10.4 Å². The highest BCUT2D eigenvalue weighted by molar-refractivity contribution is 5.97. The molecule has 1 atom stereocenters. The number of amides is 1. The number of pyridine rings is 1. The molecule has 0 radical (unpaired) electrons. The minimum Gasteiger partial charge on any atom is -0.481 e. The summed E-state index contributed by atoms with van der Waals surface area (Å²) in [7, 11) is 0. The number of hydrogen-bond donors (Lipinski definition) is 2. The molecule has 0 aliphatic carbocycles. The number of carboxylic acid groups (broad SMARTS) is 1. The maximum absolute atomic E-state index is 12.6. The van der Waals surface area contributed by atoms with Crippen molar-refractivity contribution in [2.24, 2.45) is 0 Å². The fourth-order valence-electron chi connectivity index (χ4n) is 2.80. The van der Waals surface area contributed by atoms with E-state index >= 15 is 0 Å². The van der Waals surface area contributed by atoms with Crippen molar-refractivity contribution in [3.05, 3.63) is 59.9 Å². The Bertz CT molecular complexity index is 934. The van der Waals surface area contributed by atoms with Crippen LogP contribution in [0.15, 0.2) is 48.8 Å². The summed E-state index contributed by atoms with van der Waals surface area (Å²) in [6, 6.07) is 10.3. The van der Waals surface area contributed by atoms with Crippen molar-refractivity contribution in [3.8, 4) is 0 Å². The number of carboxylic acids is 1. The van der Waals surface area contributed by atoms with E-state index in [1.165, 1.54) is 6.20 Å². The maximum atomic E-state index is 12.6. The van der Waals surface area contributed by atoms with Crippen molar-refractivity contribution in [3.63, 3.8) is 0 Å². The Hall–Kier alpha value is -3.22. The summed E-state index contributed by atoms with van der Waals surface area (Å²) in [5, 5.41) is 17.0. The third kappa shape index (κ3) is 3.72. The van der Waals surface area contributed by atoms with Gasteiger partial charge in [-0.15, -0.1) is 0 Å². The lowest BCUT2D eigenvalue weighted by Gasteiger charge is -2.17. The normalized spacial score (nSPS) is 12.3. The Morgan fingerprint density at radius 3 is 2.58 bits per heavy atom. The van der Waals surface area contributed by atoms with Crippen LogP contribution in [0.25, 0.3) is 11.0 Å². The first-order valence-electron chi connectivity index (χ1n) is 8.36. The number of aromatic nitrogens is 3. The molecule has 1 amide bonds. The van der Waals surface area contributed by atoms with Gasteiger partial charge in [-0.05, 0) is 25.5 Å². The number of carbonyl (C=O) groups is 2. The van der Waals surface area contributed by atoms with Crippen LogP contribution in [0.1, 0.15) is 48.3 Å². The Balaban J connectivity index is 1.85. The topological polar surface area (TPSA) is 97.1 Å². The second-order valence-corrected chi connectivity index (χ2v) is 6.35. The molecule has 3 aromatic rings. The van der Waals surface area contributed by atoms with Crippen molar-refractivity contribution < 1.29 is 14.7 Å². The number of hydrogen-bond acceptors (Lipinski definition) is 4. The van der Waals surface area contributed by atoms with E-state index < -0.39 is 12.0 Å². The van der Waals surface area contributed by atoms with Gasteiger partial charge in [0.25, 0.3) is 5.91 Å². The molecule has 0 fully saturated rings. The molecule has 2 heterocycles. The van der Waals surface area contributed by atoms with Gasteiger partial charge in [-0.25, -0.2) is 9.67 Å². The van der Waals surface area contributed by atoms with Crippen LogP contribution >= 0.6 is 0 Å². The molecular formula is C19H20N4O3. The Morgan fingerprint density at radius 1 is 1.19 bits per heavy atom. The van der Waals surface area contributed by atoms with Gasteiger partial charge in [-0.1, -0.05) is 30.3 Å². The van der Waals surface area contributed by atoms with Crippen LogP contribution in [0.2, 0.25) is 0 Å². The molecule has 1 aromatic carbocycles. The molecule has 26 heavy (non-hydrogen) atoms. The van der Waals surface area contributed by atoms with Crippen LogP contribution in [0.5, 0.6) is 0 Å². The fraction of sp³-hybridized carbons (Fsp3) is 0.263. The average molecular weight is 352 g/mol. The minimum atomic E-state index is -0.981. The van der Waals surface area contributed by atoms with Gasteiger partial charge in [0.2, 0.25) is 0 Å². The van der Waals surface area contributed by atoms with Gasteiger partial charge >= 0.3 is 5.97 Å². The zero-order valence-corrected chi connectivity index (χ0v) is 14.6. The van der Waals surface area contributed by atoms with Crippen LogP contribution in [0, 0.1) is 0 Å². The van der Waals surface area contributed by atoms with Crippen LogP contribution in [0.4, 0.5) is 0 Å². The molecule has 2 N–H and O–H groups in total. The van der Waals surface area contributed by atoms with E-state index in [2.05, 4.69) is 15.4 Å². The zero-order valence-electron chi connectivity index (χ0n) is 14.6. The number of fused-ring (bicyclic) bond motifs is 1. The minimum absolute atomic E-state index is 0.165. The van der Waals surface area contributed by atoms with Crippen LogP contribution in [-0.4, -0.2) is 31.7 Å². The van der Waals surface area contributed by atoms with E-state index in [0.29, 0.717) is 11.2 Å². The Labute approximate surface area is 150 Å². The fourth-order valence-corrected chi connectivity index (χ4v) is 2.80.